The molecule has 1 aliphatic rings. The molecule has 0 spiro atoms. The zero-order chi connectivity index (χ0) is 21.1. The Kier molecular flexibility index (Phi) is 6.03. The molecular formula is C22H23F3N4O. The van der Waals surface area contributed by atoms with Crippen LogP contribution in [-0.2, 0) is 6.54 Å². The van der Waals surface area contributed by atoms with Crippen molar-refractivity contribution in [1.29, 1.82) is 0 Å². The molecule has 30 heavy (non-hydrogen) atoms. The second-order valence-corrected chi connectivity index (χ2v) is 7.41. The molecule has 1 saturated heterocycles. The van der Waals surface area contributed by atoms with Gasteiger partial charge in [0.1, 0.15) is 5.82 Å². The van der Waals surface area contributed by atoms with Crippen molar-refractivity contribution in [2.45, 2.75) is 31.9 Å². The first-order valence-corrected chi connectivity index (χ1v) is 9.89. The summed E-state index contributed by atoms with van der Waals surface area (Å²) in [5, 5.41) is 4.07. The van der Waals surface area contributed by atoms with E-state index in [1.165, 1.54) is 13.2 Å². The molecule has 3 aromatic rings. The molecule has 0 bridgehead atoms. The number of methoxy groups -OCH3 is 1. The van der Waals surface area contributed by atoms with Crippen LogP contribution in [0.3, 0.4) is 0 Å². The van der Waals surface area contributed by atoms with Gasteiger partial charge in [0, 0.05) is 31.1 Å². The maximum atomic E-state index is 13.9. The predicted octanol–water partition coefficient (Wildman–Crippen LogP) is 4.79. The molecular weight excluding hydrogens is 393 g/mol. The van der Waals surface area contributed by atoms with Crippen LogP contribution in [0.25, 0.3) is 10.9 Å². The van der Waals surface area contributed by atoms with Crippen LogP contribution in [0.2, 0.25) is 0 Å². The van der Waals surface area contributed by atoms with Crippen LogP contribution >= 0.6 is 0 Å². The number of anilines is 1. The van der Waals surface area contributed by atoms with Crippen molar-refractivity contribution in [3.63, 3.8) is 0 Å². The Morgan fingerprint density at radius 1 is 1.13 bits per heavy atom. The van der Waals surface area contributed by atoms with Crippen LogP contribution in [0.1, 0.15) is 30.7 Å². The Balaban J connectivity index is 1.41. The van der Waals surface area contributed by atoms with Crippen LogP contribution < -0.4 is 10.1 Å². The number of rotatable bonds is 6. The first kappa shape index (κ1) is 20.4. The van der Waals surface area contributed by atoms with Gasteiger partial charge in [0.05, 0.1) is 12.6 Å². The van der Waals surface area contributed by atoms with E-state index in [-0.39, 0.29) is 17.6 Å². The average molecular weight is 416 g/mol. The number of halogens is 3. The first-order chi connectivity index (χ1) is 14.5. The Morgan fingerprint density at radius 2 is 1.90 bits per heavy atom. The fraction of sp³-hybridized carbons (Fsp3) is 0.364. The van der Waals surface area contributed by atoms with Gasteiger partial charge in [-0.2, -0.15) is 0 Å². The maximum Gasteiger partial charge on any atom is 0.297 e. The SMILES string of the molecule is COc1ccc(CN2CCC(Nc3nc(C(F)F)nc4ccccc34)CC2)cc1F. The third kappa shape index (κ3) is 4.48. The van der Waals surface area contributed by atoms with Gasteiger partial charge >= 0.3 is 0 Å². The molecule has 2 heterocycles. The Bertz CT molecular complexity index is 1020. The van der Waals surface area contributed by atoms with Gasteiger partial charge in [-0.05, 0) is 42.7 Å². The van der Waals surface area contributed by atoms with Crippen LogP contribution in [-0.4, -0.2) is 41.1 Å². The summed E-state index contributed by atoms with van der Waals surface area (Å²) in [7, 11) is 1.45. The summed E-state index contributed by atoms with van der Waals surface area (Å²) < 4.78 is 45.3. The van der Waals surface area contributed by atoms with Crippen molar-refractivity contribution in [2.75, 3.05) is 25.5 Å². The molecule has 0 amide bonds. The van der Waals surface area contributed by atoms with E-state index in [0.717, 1.165) is 36.9 Å². The third-order valence-corrected chi connectivity index (χ3v) is 5.37. The number of likely N-dealkylation sites (tertiary alicyclic amines) is 1. The van der Waals surface area contributed by atoms with Crippen molar-refractivity contribution in [1.82, 2.24) is 14.9 Å². The lowest BCUT2D eigenvalue weighted by atomic mass is 10.0. The molecule has 0 atom stereocenters. The molecule has 8 heteroatoms. The number of benzene rings is 2. The number of para-hydroxylation sites is 1. The van der Waals surface area contributed by atoms with Gasteiger partial charge in [0.15, 0.2) is 17.4 Å². The number of piperidine rings is 1. The Hall–Kier alpha value is -2.87. The number of ether oxygens (including phenoxy) is 1. The van der Waals surface area contributed by atoms with E-state index in [1.54, 1.807) is 18.2 Å². The molecule has 4 rings (SSSR count). The van der Waals surface area contributed by atoms with E-state index < -0.39 is 12.2 Å². The number of hydrogen-bond donors (Lipinski definition) is 1. The molecule has 1 fully saturated rings. The van der Waals surface area contributed by atoms with E-state index >= 15 is 0 Å². The fourth-order valence-electron chi connectivity index (χ4n) is 3.80. The van der Waals surface area contributed by atoms with Gasteiger partial charge in [-0.3, -0.25) is 4.90 Å². The molecule has 5 nitrogen and oxygen atoms in total. The maximum absolute atomic E-state index is 13.9. The second-order valence-electron chi connectivity index (χ2n) is 7.41. The van der Waals surface area contributed by atoms with E-state index in [1.807, 2.05) is 18.2 Å². The zero-order valence-corrected chi connectivity index (χ0v) is 16.6. The summed E-state index contributed by atoms with van der Waals surface area (Å²) in [6, 6.07) is 12.3. The minimum atomic E-state index is -2.72. The lowest BCUT2D eigenvalue weighted by Crippen LogP contribution is -2.38. The van der Waals surface area contributed by atoms with E-state index in [4.69, 9.17) is 4.74 Å². The highest BCUT2D eigenvalue weighted by Gasteiger charge is 2.22. The average Bonchev–Trinajstić information content (AvgIpc) is 2.75. The van der Waals surface area contributed by atoms with Crippen molar-refractivity contribution in [3.05, 3.63) is 59.7 Å². The second kappa shape index (κ2) is 8.87. The van der Waals surface area contributed by atoms with Crippen LogP contribution in [0.15, 0.2) is 42.5 Å². The quantitative estimate of drug-likeness (QED) is 0.626. The molecule has 0 radical (unpaired) electrons. The van der Waals surface area contributed by atoms with Gasteiger partial charge in [0.25, 0.3) is 6.43 Å². The minimum Gasteiger partial charge on any atom is -0.494 e. The molecule has 1 aromatic heterocycles. The number of alkyl halides is 2. The monoisotopic (exact) mass is 416 g/mol. The molecule has 1 aliphatic heterocycles. The molecule has 0 aliphatic carbocycles. The zero-order valence-electron chi connectivity index (χ0n) is 16.6. The normalized spacial score (nSPS) is 15.6. The van der Waals surface area contributed by atoms with Crippen LogP contribution in [0.5, 0.6) is 5.75 Å². The Labute approximate surface area is 172 Å². The fourth-order valence-corrected chi connectivity index (χ4v) is 3.80. The molecule has 0 saturated carbocycles. The lowest BCUT2D eigenvalue weighted by Gasteiger charge is -2.33. The predicted molar refractivity (Wildman–Crippen MR) is 109 cm³/mol. The number of aromatic nitrogens is 2. The van der Waals surface area contributed by atoms with Crippen LogP contribution in [0.4, 0.5) is 19.0 Å². The minimum absolute atomic E-state index is 0.123. The third-order valence-electron chi connectivity index (χ3n) is 5.37. The van der Waals surface area contributed by atoms with Gasteiger partial charge in [-0.1, -0.05) is 18.2 Å². The van der Waals surface area contributed by atoms with Gasteiger partial charge in [-0.25, -0.2) is 23.1 Å². The number of nitrogens with one attached hydrogen (secondary N) is 1. The van der Waals surface area contributed by atoms with Crippen molar-refractivity contribution < 1.29 is 17.9 Å². The molecule has 0 unspecified atom stereocenters. The first-order valence-electron chi connectivity index (χ1n) is 9.89. The van der Waals surface area contributed by atoms with Crippen molar-refractivity contribution >= 4 is 16.7 Å². The summed E-state index contributed by atoms with van der Waals surface area (Å²) in [6.45, 7) is 2.28. The number of fused-ring (bicyclic) bond motifs is 1. The molecule has 1 N–H and O–H groups in total. The molecule has 2 aromatic carbocycles. The highest BCUT2D eigenvalue weighted by molar-refractivity contribution is 5.89. The van der Waals surface area contributed by atoms with Gasteiger partial charge < -0.3 is 10.1 Å². The lowest BCUT2D eigenvalue weighted by molar-refractivity contribution is 0.141. The highest BCUT2D eigenvalue weighted by Crippen LogP contribution is 2.27. The Morgan fingerprint density at radius 3 is 2.60 bits per heavy atom. The van der Waals surface area contributed by atoms with Crippen molar-refractivity contribution in [3.8, 4) is 5.75 Å². The molecule has 158 valence electrons. The summed E-state index contributed by atoms with van der Waals surface area (Å²) >= 11 is 0. The topological polar surface area (TPSA) is 50.3 Å². The highest BCUT2D eigenvalue weighted by atomic mass is 19.3. The summed E-state index contributed by atoms with van der Waals surface area (Å²) in [6.07, 6.45) is -1.05. The number of nitrogens with zero attached hydrogens (tertiary/aromatic N) is 3. The summed E-state index contributed by atoms with van der Waals surface area (Å²) in [4.78, 5) is 10.3. The van der Waals surface area contributed by atoms with E-state index in [0.29, 0.717) is 17.9 Å². The smallest absolute Gasteiger partial charge is 0.297 e. The summed E-state index contributed by atoms with van der Waals surface area (Å²) in [5.74, 6) is -0.138. The van der Waals surface area contributed by atoms with Crippen molar-refractivity contribution in [2.24, 2.45) is 0 Å². The van der Waals surface area contributed by atoms with Crippen LogP contribution in [0, 0.1) is 5.82 Å². The number of hydrogen-bond acceptors (Lipinski definition) is 5. The largest absolute Gasteiger partial charge is 0.494 e. The van der Waals surface area contributed by atoms with Gasteiger partial charge in [0.2, 0.25) is 0 Å². The summed E-state index contributed by atoms with van der Waals surface area (Å²) in [5.41, 5.74) is 1.40. The van der Waals surface area contributed by atoms with E-state index in [9.17, 15) is 13.2 Å². The van der Waals surface area contributed by atoms with E-state index in [2.05, 4.69) is 20.2 Å². The standard InChI is InChI=1S/C22H23F3N4O/c1-30-19-7-6-14(12-17(19)23)13-29-10-8-15(9-11-29)26-21-16-4-2-3-5-18(16)27-22(28-21)20(24)25/h2-7,12,15,20H,8-11,13H2,1H3,(H,26,27,28). The van der Waals surface area contributed by atoms with Gasteiger partial charge in [-0.15, -0.1) is 0 Å².